The Balaban J connectivity index is 1.36. The van der Waals surface area contributed by atoms with E-state index >= 15 is 0 Å². The standard InChI is InChI=1S/C26H30N4O2/c1-20-9-12-22(13-10-20)29-16-18-30(19-17-29)25-23(8-5-15-27-25)26(32)28-24(31)14-11-21-6-3-2-4-7-21/h2-10,12-13,15,24,31H,11,14,16-19H2,1H3,(H,28,32). The van der Waals surface area contributed by atoms with Gasteiger partial charge in [-0.05, 0) is 49.6 Å². The minimum Gasteiger partial charge on any atom is -0.374 e. The average molecular weight is 431 g/mol. The lowest BCUT2D eigenvalue weighted by Gasteiger charge is -2.37. The third kappa shape index (κ3) is 5.45. The summed E-state index contributed by atoms with van der Waals surface area (Å²) in [7, 11) is 0. The molecule has 32 heavy (non-hydrogen) atoms. The number of rotatable bonds is 7. The fourth-order valence-electron chi connectivity index (χ4n) is 4.01. The molecule has 3 aromatic rings. The molecule has 1 fully saturated rings. The number of aryl methyl sites for hydroxylation is 2. The fourth-order valence-corrected chi connectivity index (χ4v) is 4.01. The summed E-state index contributed by atoms with van der Waals surface area (Å²) < 4.78 is 0. The molecule has 166 valence electrons. The Hall–Kier alpha value is -3.38. The van der Waals surface area contributed by atoms with Crippen LogP contribution in [0, 0.1) is 6.92 Å². The van der Waals surface area contributed by atoms with Crippen LogP contribution in [-0.2, 0) is 6.42 Å². The van der Waals surface area contributed by atoms with Crippen LogP contribution in [0.4, 0.5) is 11.5 Å². The van der Waals surface area contributed by atoms with Gasteiger partial charge >= 0.3 is 0 Å². The van der Waals surface area contributed by atoms with Crippen LogP contribution in [0.1, 0.15) is 27.9 Å². The minimum absolute atomic E-state index is 0.297. The summed E-state index contributed by atoms with van der Waals surface area (Å²) in [6, 6.07) is 22.0. The lowest BCUT2D eigenvalue weighted by Crippen LogP contribution is -2.47. The Morgan fingerprint density at radius 1 is 0.969 bits per heavy atom. The van der Waals surface area contributed by atoms with E-state index in [2.05, 4.69) is 51.3 Å². The highest BCUT2D eigenvalue weighted by atomic mass is 16.3. The lowest BCUT2D eigenvalue weighted by atomic mass is 10.1. The number of nitrogens with one attached hydrogen (secondary N) is 1. The maximum atomic E-state index is 12.9. The second-order valence-electron chi connectivity index (χ2n) is 8.20. The van der Waals surface area contributed by atoms with E-state index < -0.39 is 6.23 Å². The normalized spacial score (nSPS) is 14.8. The smallest absolute Gasteiger partial charge is 0.257 e. The Kier molecular flexibility index (Phi) is 7.02. The number of nitrogens with zero attached hydrogens (tertiary/aromatic N) is 3. The van der Waals surface area contributed by atoms with Gasteiger partial charge in [0, 0.05) is 38.1 Å². The van der Waals surface area contributed by atoms with Crippen LogP contribution < -0.4 is 15.1 Å². The summed E-state index contributed by atoms with van der Waals surface area (Å²) in [4.78, 5) is 21.9. The second kappa shape index (κ2) is 10.3. The Bertz CT molecular complexity index is 1020. The number of hydrogen-bond acceptors (Lipinski definition) is 5. The first kappa shape index (κ1) is 21.8. The number of carbonyl (C=O) groups excluding carboxylic acids is 1. The number of pyridine rings is 1. The van der Waals surface area contributed by atoms with Gasteiger partial charge < -0.3 is 20.2 Å². The van der Waals surface area contributed by atoms with Crippen LogP contribution >= 0.6 is 0 Å². The van der Waals surface area contributed by atoms with Crippen LogP contribution in [0.15, 0.2) is 72.9 Å². The van der Waals surface area contributed by atoms with Crippen molar-refractivity contribution >= 4 is 17.4 Å². The predicted molar refractivity (Wildman–Crippen MR) is 128 cm³/mol. The number of amides is 1. The summed E-state index contributed by atoms with van der Waals surface area (Å²) in [5.41, 5.74) is 4.10. The molecule has 6 heteroatoms. The largest absolute Gasteiger partial charge is 0.374 e. The van der Waals surface area contributed by atoms with Crippen molar-refractivity contribution < 1.29 is 9.90 Å². The molecule has 0 saturated carbocycles. The molecular weight excluding hydrogens is 400 g/mol. The van der Waals surface area contributed by atoms with Gasteiger partial charge in [-0.25, -0.2) is 4.98 Å². The number of aromatic nitrogens is 1. The summed E-state index contributed by atoms with van der Waals surface area (Å²) >= 11 is 0. The number of anilines is 2. The van der Waals surface area contributed by atoms with Crippen LogP contribution in [-0.4, -0.2) is 48.4 Å². The van der Waals surface area contributed by atoms with Gasteiger partial charge in [-0.2, -0.15) is 0 Å². The minimum atomic E-state index is -0.908. The number of aliphatic hydroxyl groups excluding tert-OH is 1. The summed E-state index contributed by atoms with van der Waals surface area (Å²) in [5, 5.41) is 13.1. The monoisotopic (exact) mass is 430 g/mol. The Labute approximate surface area is 189 Å². The third-order valence-electron chi connectivity index (χ3n) is 5.86. The first-order chi connectivity index (χ1) is 15.6. The summed E-state index contributed by atoms with van der Waals surface area (Å²) in [5.74, 6) is 0.374. The molecule has 2 N–H and O–H groups in total. The van der Waals surface area contributed by atoms with Crippen molar-refractivity contribution in [3.8, 4) is 0 Å². The van der Waals surface area contributed by atoms with E-state index in [-0.39, 0.29) is 5.91 Å². The zero-order chi connectivity index (χ0) is 22.3. The number of aliphatic hydroxyl groups is 1. The van der Waals surface area contributed by atoms with Crippen LogP contribution in [0.2, 0.25) is 0 Å². The highest BCUT2D eigenvalue weighted by molar-refractivity contribution is 5.99. The zero-order valence-electron chi connectivity index (χ0n) is 18.4. The summed E-state index contributed by atoms with van der Waals surface area (Å²) in [6.45, 7) is 5.37. The van der Waals surface area contributed by atoms with Crippen molar-refractivity contribution in [1.29, 1.82) is 0 Å². The Morgan fingerprint density at radius 2 is 1.66 bits per heavy atom. The van der Waals surface area contributed by atoms with Gasteiger partial charge in [0.05, 0.1) is 5.56 Å². The zero-order valence-corrected chi connectivity index (χ0v) is 18.4. The van der Waals surface area contributed by atoms with Crippen molar-refractivity contribution in [1.82, 2.24) is 10.3 Å². The molecule has 0 radical (unpaired) electrons. The molecule has 0 spiro atoms. The number of hydrogen-bond donors (Lipinski definition) is 2. The molecule has 2 aromatic carbocycles. The summed E-state index contributed by atoms with van der Waals surface area (Å²) in [6.07, 6.45) is 1.96. The Morgan fingerprint density at radius 3 is 2.38 bits per heavy atom. The highest BCUT2D eigenvalue weighted by Crippen LogP contribution is 2.22. The van der Waals surface area contributed by atoms with Crippen molar-refractivity contribution in [2.75, 3.05) is 36.0 Å². The topological polar surface area (TPSA) is 68.7 Å². The molecule has 1 atom stereocenters. The van der Waals surface area contributed by atoms with Crippen molar-refractivity contribution in [3.05, 3.63) is 89.6 Å². The quantitative estimate of drug-likeness (QED) is 0.563. The molecule has 2 heterocycles. The van der Waals surface area contributed by atoms with E-state index in [4.69, 9.17) is 0 Å². The number of piperazine rings is 1. The molecule has 0 bridgehead atoms. The second-order valence-corrected chi connectivity index (χ2v) is 8.20. The molecule has 0 aliphatic carbocycles. The van der Waals surface area contributed by atoms with Crippen molar-refractivity contribution in [2.24, 2.45) is 0 Å². The highest BCUT2D eigenvalue weighted by Gasteiger charge is 2.23. The van der Waals surface area contributed by atoms with E-state index in [1.165, 1.54) is 11.3 Å². The lowest BCUT2D eigenvalue weighted by molar-refractivity contribution is 0.0766. The maximum Gasteiger partial charge on any atom is 0.257 e. The van der Waals surface area contributed by atoms with Crippen molar-refractivity contribution in [2.45, 2.75) is 26.0 Å². The van der Waals surface area contributed by atoms with E-state index in [0.29, 0.717) is 24.2 Å². The van der Waals surface area contributed by atoms with Crippen LogP contribution in [0.5, 0.6) is 0 Å². The molecule has 1 aromatic heterocycles. The van der Waals surface area contributed by atoms with Gasteiger partial charge in [0.15, 0.2) is 0 Å². The maximum absolute atomic E-state index is 12.9. The van der Waals surface area contributed by atoms with Gasteiger partial charge in [-0.15, -0.1) is 0 Å². The molecule has 1 unspecified atom stereocenters. The first-order valence-electron chi connectivity index (χ1n) is 11.1. The fraction of sp³-hybridized carbons (Fsp3) is 0.308. The van der Waals surface area contributed by atoms with Gasteiger partial charge in [0.25, 0.3) is 5.91 Å². The predicted octanol–water partition coefficient (Wildman–Crippen LogP) is 3.40. The third-order valence-corrected chi connectivity index (χ3v) is 5.86. The van der Waals surface area contributed by atoms with E-state index in [9.17, 15) is 9.90 Å². The average Bonchev–Trinajstić information content (AvgIpc) is 2.84. The van der Waals surface area contributed by atoms with E-state index in [1.54, 1.807) is 18.3 Å². The molecule has 4 rings (SSSR count). The van der Waals surface area contributed by atoms with Gasteiger partial charge in [0.1, 0.15) is 12.0 Å². The van der Waals surface area contributed by atoms with Crippen molar-refractivity contribution in [3.63, 3.8) is 0 Å². The molecule has 1 saturated heterocycles. The van der Waals surface area contributed by atoms with Crippen LogP contribution in [0.25, 0.3) is 0 Å². The van der Waals surface area contributed by atoms with Gasteiger partial charge in [-0.3, -0.25) is 4.79 Å². The van der Waals surface area contributed by atoms with Gasteiger partial charge in [0.2, 0.25) is 0 Å². The molecule has 1 amide bonds. The van der Waals surface area contributed by atoms with Crippen LogP contribution in [0.3, 0.4) is 0 Å². The van der Waals surface area contributed by atoms with E-state index in [0.717, 1.165) is 31.7 Å². The SMILES string of the molecule is Cc1ccc(N2CCN(c3ncccc3C(=O)NC(O)CCc3ccccc3)CC2)cc1. The first-order valence-corrected chi connectivity index (χ1v) is 11.1. The number of benzene rings is 2. The number of carbonyl (C=O) groups is 1. The molecule has 1 aliphatic rings. The van der Waals surface area contributed by atoms with E-state index in [1.807, 2.05) is 30.3 Å². The molecule has 1 aliphatic heterocycles. The molecule has 6 nitrogen and oxygen atoms in total. The van der Waals surface area contributed by atoms with Gasteiger partial charge in [-0.1, -0.05) is 48.0 Å². The molecular formula is C26H30N4O2.